The Balaban J connectivity index is 1.38. The monoisotopic (exact) mass is 717 g/mol. The van der Waals surface area contributed by atoms with Crippen molar-refractivity contribution in [2.45, 2.75) is 34.6 Å². The lowest BCUT2D eigenvalue weighted by atomic mass is 9.20. The Kier molecular flexibility index (Phi) is 8.14. The minimum absolute atomic E-state index is 0.0169. The minimum atomic E-state index is 0.0169. The van der Waals surface area contributed by atoms with Crippen molar-refractivity contribution >= 4 is 68.0 Å². The second-order valence-electron chi connectivity index (χ2n) is 15.6. The molecule has 0 saturated heterocycles. The number of aryl methyl sites for hydroxylation is 5. The van der Waals surface area contributed by atoms with Crippen LogP contribution in [-0.2, 0) is 0 Å². The molecule has 4 heterocycles. The summed E-state index contributed by atoms with van der Waals surface area (Å²) in [6.07, 6.45) is 1.87. The van der Waals surface area contributed by atoms with Crippen LogP contribution in [0.3, 0.4) is 0 Å². The van der Waals surface area contributed by atoms with Crippen molar-refractivity contribution in [1.29, 1.82) is 0 Å². The third-order valence-electron chi connectivity index (χ3n) is 12.1. The van der Waals surface area contributed by atoms with Crippen molar-refractivity contribution in [2.75, 3.05) is 0 Å². The lowest BCUT2D eigenvalue weighted by Gasteiger charge is -2.36. The molecule has 0 N–H and O–H groups in total. The highest BCUT2D eigenvalue weighted by atomic mass is 15.0. The topological polar surface area (TPSA) is 30.7 Å². The average Bonchev–Trinajstić information content (AvgIpc) is 3.55. The average molecular weight is 718 g/mol. The molecule has 1 aliphatic heterocycles. The molecule has 0 unspecified atom stereocenters. The summed E-state index contributed by atoms with van der Waals surface area (Å²) in [5.41, 5.74) is 22.1. The first-order chi connectivity index (χ1) is 27.4. The van der Waals surface area contributed by atoms with E-state index in [0.717, 1.165) is 33.8 Å². The van der Waals surface area contributed by atoms with Gasteiger partial charge in [-0.3, -0.25) is 9.97 Å². The number of pyridine rings is 2. The fraction of sp³-hybridized carbons (Fsp3) is 0.0980. The Morgan fingerprint density at radius 2 is 1.05 bits per heavy atom. The number of nitrogens with zero attached hydrogens (tertiary/aromatic N) is 3. The summed E-state index contributed by atoms with van der Waals surface area (Å²) in [6.45, 7) is 11.2. The molecule has 0 radical (unpaired) electrons. The van der Waals surface area contributed by atoms with Crippen LogP contribution in [0, 0.1) is 34.6 Å². The van der Waals surface area contributed by atoms with E-state index >= 15 is 0 Å². The summed E-state index contributed by atoms with van der Waals surface area (Å²) in [7, 11) is 0. The quantitative estimate of drug-likeness (QED) is 0.170. The lowest BCUT2D eigenvalue weighted by Crippen LogP contribution is -2.76. The van der Waals surface area contributed by atoms with Gasteiger partial charge in [-0.2, -0.15) is 0 Å². The Morgan fingerprint density at radius 1 is 0.446 bits per heavy atom. The van der Waals surface area contributed by atoms with E-state index in [2.05, 4.69) is 185 Å². The molecule has 0 saturated carbocycles. The van der Waals surface area contributed by atoms with Gasteiger partial charge in [-0.15, -0.1) is 0 Å². The second kappa shape index (κ2) is 13.4. The van der Waals surface area contributed by atoms with E-state index in [9.17, 15) is 0 Å². The van der Waals surface area contributed by atoms with Crippen LogP contribution >= 0.6 is 0 Å². The highest BCUT2D eigenvalue weighted by Gasteiger charge is 2.42. The molecule has 266 valence electrons. The highest BCUT2D eigenvalue weighted by molar-refractivity contribution is 7.12. The summed E-state index contributed by atoms with van der Waals surface area (Å²) in [5, 5.41) is 2.45. The summed E-state index contributed by atoms with van der Waals surface area (Å²) in [5.74, 6) is 0. The van der Waals surface area contributed by atoms with Gasteiger partial charge in [-0.1, -0.05) is 158 Å². The molecule has 0 amide bonds. The van der Waals surface area contributed by atoms with Crippen LogP contribution in [0.5, 0.6) is 0 Å². The molecule has 56 heavy (non-hydrogen) atoms. The van der Waals surface area contributed by atoms with Crippen LogP contribution in [0.25, 0.3) is 50.0 Å². The summed E-state index contributed by atoms with van der Waals surface area (Å²) in [4.78, 5) is 10.0. The van der Waals surface area contributed by atoms with Gasteiger partial charge < -0.3 is 4.57 Å². The zero-order valence-corrected chi connectivity index (χ0v) is 32.5. The Morgan fingerprint density at radius 3 is 1.75 bits per heavy atom. The largest absolute Gasteiger partial charge is 0.309 e. The van der Waals surface area contributed by atoms with E-state index in [-0.39, 0.29) is 13.4 Å². The molecule has 0 aliphatic carbocycles. The second-order valence-corrected chi connectivity index (χ2v) is 15.6. The molecule has 0 fully saturated rings. The fourth-order valence-electron chi connectivity index (χ4n) is 9.73. The molecule has 0 spiro atoms. The molecule has 3 nitrogen and oxygen atoms in total. The van der Waals surface area contributed by atoms with E-state index in [1.807, 2.05) is 12.3 Å². The van der Waals surface area contributed by atoms with Gasteiger partial charge in [0.25, 0.3) is 0 Å². The molecule has 5 heteroatoms. The number of benzene rings is 6. The first-order valence-electron chi connectivity index (χ1n) is 19.7. The number of aromatic nitrogens is 3. The zero-order chi connectivity index (χ0) is 38.1. The van der Waals surface area contributed by atoms with Gasteiger partial charge in [0.15, 0.2) is 0 Å². The van der Waals surface area contributed by atoms with Crippen LogP contribution < -0.4 is 32.8 Å². The van der Waals surface area contributed by atoms with Gasteiger partial charge in [0.2, 0.25) is 13.4 Å². The van der Waals surface area contributed by atoms with Crippen LogP contribution in [-0.4, -0.2) is 28.0 Å². The van der Waals surface area contributed by atoms with Crippen LogP contribution in [0.4, 0.5) is 0 Å². The first kappa shape index (κ1) is 34.1. The molecule has 6 aromatic carbocycles. The molecule has 0 bridgehead atoms. The van der Waals surface area contributed by atoms with Crippen molar-refractivity contribution in [3.63, 3.8) is 0 Å². The standard InChI is InChI=1S/C51H41B2N3/c1-32-15-12-16-33(2)49(32)52-42-21-7-8-22-43(42)53(50-34(3)17-13-18-35(50)4)51-41(46-24-14-19-36(5)55-46)30-38(31-44(51)52)56-47-25-9-6-20-39(47)40-27-26-37(29-48(40)56)45-23-10-11-28-54-45/h6-31H,1-5H3. The summed E-state index contributed by atoms with van der Waals surface area (Å²) >= 11 is 0. The van der Waals surface area contributed by atoms with Gasteiger partial charge in [-0.05, 0) is 88.7 Å². The van der Waals surface area contributed by atoms with Gasteiger partial charge >= 0.3 is 0 Å². The van der Waals surface area contributed by atoms with Gasteiger partial charge in [0, 0.05) is 33.9 Å². The molecule has 0 atom stereocenters. The van der Waals surface area contributed by atoms with Crippen LogP contribution in [0.15, 0.2) is 158 Å². The molecule has 3 aromatic heterocycles. The van der Waals surface area contributed by atoms with E-state index in [4.69, 9.17) is 9.97 Å². The van der Waals surface area contributed by atoms with Crippen molar-refractivity contribution in [2.24, 2.45) is 0 Å². The normalized spacial score (nSPS) is 12.3. The Hall–Kier alpha value is -6.45. The maximum absolute atomic E-state index is 5.30. The summed E-state index contributed by atoms with van der Waals surface area (Å²) < 4.78 is 2.48. The van der Waals surface area contributed by atoms with Crippen molar-refractivity contribution < 1.29 is 0 Å². The smallest absolute Gasteiger partial charge is 0.241 e. The first-order valence-corrected chi connectivity index (χ1v) is 19.7. The van der Waals surface area contributed by atoms with Crippen molar-refractivity contribution in [3.8, 4) is 28.2 Å². The molecule has 9 aromatic rings. The Bertz CT molecular complexity index is 2960. The number of hydrogen-bond acceptors (Lipinski definition) is 2. The number of para-hydroxylation sites is 1. The molecule has 10 rings (SSSR count). The predicted molar refractivity (Wildman–Crippen MR) is 240 cm³/mol. The van der Waals surface area contributed by atoms with Crippen molar-refractivity contribution in [3.05, 3.63) is 186 Å². The molecule has 1 aliphatic rings. The lowest BCUT2D eigenvalue weighted by molar-refractivity contribution is 1.17. The van der Waals surface area contributed by atoms with Crippen molar-refractivity contribution in [1.82, 2.24) is 14.5 Å². The SMILES string of the molecule is Cc1cccc(-c2cc(-n3c4ccccc4c4ccc(-c5ccccn5)cc43)cc3c2B(c2c(C)cccc2C)c2ccccc2B3c2c(C)cccc2C)n1. The van der Waals surface area contributed by atoms with Gasteiger partial charge in [0.05, 0.1) is 22.4 Å². The third kappa shape index (κ3) is 5.37. The van der Waals surface area contributed by atoms with E-state index < -0.39 is 0 Å². The third-order valence-corrected chi connectivity index (χ3v) is 12.1. The minimum Gasteiger partial charge on any atom is -0.309 e. The fourth-order valence-corrected chi connectivity index (χ4v) is 9.73. The zero-order valence-electron chi connectivity index (χ0n) is 32.5. The number of fused-ring (bicyclic) bond motifs is 5. The maximum atomic E-state index is 5.30. The van der Waals surface area contributed by atoms with E-state index in [1.165, 1.54) is 76.9 Å². The van der Waals surface area contributed by atoms with E-state index in [1.54, 1.807) is 0 Å². The van der Waals surface area contributed by atoms with Gasteiger partial charge in [-0.25, -0.2) is 0 Å². The van der Waals surface area contributed by atoms with Gasteiger partial charge in [0.1, 0.15) is 0 Å². The van der Waals surface area contributed by atoms with E-state index in [0.29, 0.717) is 0 Å². The Labute approximate surface area is 329 Å². The number of hydrogen-bond donors (Lipinski definition) is 0. The van der Waals surface area contributed by atoms with Crippen LogP contribution in [0.2, 0.25) is 0 Å². The molecular formula is C51H41B2N3. The van der Waals surface area contributed by atoms with Crippen LogP contribution in [0.1, 0.15) is 27.9 Å². The maximum Gasteiger partial charge on any atom is 0.241 e. The number of rotatable bonds is 5. The summed E-state index contributed by atoms with van der Waals surface area (Å²) in [6, 6.07) is 55.9. The highest BCUT2D eigenvalue weighted by Crippen LogP contribution is 2.35. The predicted octanol–water partition coefficient (Wildman–Crippen LogP) is 7.80. The molecular weight excluding hydrogens is 676 g/mol.